The average molecular weight is 353 g/mol. The number of nitrogens with zero attached hydrogens (tertiary/aromatic N) is 3. The molecule has 1 amide bonds. The molecule has 0 N–H and O–H groups in total. The smallest absolute Gasteiger partial charge is 0.270 e. The van der Waals surface area contributed by atoms with E-state index >= 15 is 0 Å². The number of hydrogen-bond acceptors (Lipinski definition) is 4. The first kappa shape index (κ1) is 18.0. The standard InChI is InChI=1S/C20H23N3O3/c1-20(2)14-23(19(24)18-9-15(10-21)11-22(18)3)12-17(26-20)13-25-16-7-5-4-6-8-16/h4-9,11,17H,12-14H2,1-3H3. The summed E-state index contributed by atoms with van der Waals surface area (Å²) >= 11 is 0. The predicted molar refractivity (Wildman–Crippen MR) is 96.9 cm³/mol. The van der Waals surface area contributed by atoms with Crippen LogP contribution in [-0.2, 0) is 11.8 Å². The Bertz CT molecular complexity index is 821. The highest BCUT2D eigenvalue weighted by Crippen LogP contribution is 2.24. The van der Waals surface area contributed by atoms with E-state index in [2.05, 4.69) is 6.07 Å². The summed E-state index contributed by atoms with van der Waals surface area (Å²) in [5.74, 6) is 0.675. The van der Waals surface area contributed by atoms with Gasteiger partial charge in [0, 0.05) is 19.8 Å². The van der Waals surface area contributed by atoms with Gasteiger partial charge < -0.3 is 18.9 Å². The second kappa shape index (κ2) is 7.22. The second-order valence-electron chi connectivity index (χ2n) is 7.15. The molecule has 3 rings (SSSR count). The van der Waals surface area contributed by atoms with E-state index < -0.39 is 5.60 Å². The minimum absolute atomic E-state index is 0.102. The summed E-state index contributed by atoms with van der Waals surface area (Å²) in [4.78, 5) is 14.7. The van der Waals surface area contributed by atoms with Crippen molar-refractivity contribution in [3.63, 3.8) is 0 Å². The molecule has 1 saturated heterocycles. The molecule has 6 nitrogen and oxygen atoms in total. The van der Waals surface area contributed by atoms with Crippen molar-refractivity contribution in [1.29, 1.82) is 5.26 Å². The number of rotatable bonds is 4. The zero-order chi connectivity index (χ0) is 18.7. The third-order valence-electron chi connectivity index (χ3n) is 4.30. The van der Waals surface area contributed by atoms with Crippen molar-refractivity contribution >= 4 is 5.91 Å². The topological polar surface area (TPSA) is 67.5 Å². The molecule has 1 aromatic heterocycles. The Morgan fingerprint density at radius 1 is 1.38 bits per heavy atom. The molecular formula is C20H23N3O3. The molecule has 0 radical (unpaired) electrons. The van der Waals surface area contributed by atoms with E-state index in [0.717, 1.165) is 5.75 Å². The highest BCUT2D eigenvalue weighted by molar-refractivity contribution is 5.93. The Labute approximate surface area is 153 Å². The van der Waals surface area contributed by atoms with Crippen LogP contribution < -0.4 is 4.74 Å². The number of hydrogen-bond donors (Lipinski definition) is 0. The zero-order valence-electron chi connectivity index (χ0n) is 15.3. The lowest BCUT2D eigenvalue weighted by Crippen LogP contribution is -2.56. The first-order valence-electron chi connectivity index (χ1n) is 8.59. The number of nitriles is 1. The molecule has 0 saturated carbocycles. The van der Waals surface area contributed by atoms with Crippen LogP contribution in [0.5, 0.6) is 5.75 Å². The second-order valence-corrected chi connectivity index (χ2v) is 7.15. The normalized spacial score (nSPS) is 19.0. The maximum atomic E-state index is 13.0. The SMILES string of the molecule is Cn1cc(C#N)cc1C(=O)N1CC(COc2ccccc2)OC(C)(C)C1. The quantitative estimate of drug-likeness (QED) is 0.847. The lowest BCUT2D eigenvalue weighted by molar-refractivity contribution is -0.136. The van der Waals surface area contributed by atoms with Crippen LogP contribution in [-0.4, -0.2) is 46.8 Å². The number of benzene rings is 1. The third-order valence-corrected chi connectivity index (χ3v) is 4.30. The number of amides is 1. The van der Waals surface area contributed by atoms with Gasteiger partial charge in [0.05, 0.1) is 17.7 Å². The minimum atomic E-state index is -0.470. The lowest BCUT2D eigenvalue weighted by atomic mass is 10.0. The summed E-state index contributed by atoms with van der Waals surface area (Å²) in [6.45, 7) is 5.23. The number of ether oxygens (including phenoxy) is 2. The van der Waals surface area contributed by atoms with E-state index in [-0.39, 0.29) is 12.0 Å². The summed E-state index contributed by atoms with van der Waals surface area (Å²) in [5.41, 5.74) is 0.510. The molecule has 1 aliphatic heterocycles. The number of aryl methyl sites for hydroxylation is 1. The maximum Gasteiger partial charge on any atom is 0.270 e. The van der Waals surface area contributed by atoms with Crippen LogP contribution >= 0.6 is 0 Å². The maximum absolute atomic E-state index is 13.0. The largest absolute Gasteiger partial charge is 0.491 e. The fourth-order valence-electron chi connectivity index (χ4n) is 3.24. The third kappa shape index (κ3) is 4.06. The van der Waals surface area contributed by atoms with Crippen molar-refractivity contribution in [3.8, 4) is 11.8 Å². The van der Waals surface area contributed by atoms with Crippen LogP contribution in [0.2, 0.25) is 0 Å². The van der Waals surface area contributed by atoms with Gasteiger partial charge in [0.1, 0.15) is 30.2 Å². The minimum Gasteiger partial charge on any atom is -0.491 e. The monoisotopic (exact) mass is 353 g/mol. The van der Waals surface area contributed by atoms with E-state index in [1.807, 2.05) is 44.2 Å². The van der Waals surface area contributed by atoms with Gasteiger partial charge in [-0.3, -0.25) is 4.79 Å². The summed E-state index contributed by atoms with van der Waals surface area (Å²) < 4.78 is 13.6. The number of aromatic nitrogens is 1. The molecule has 1 atom stereocenters. The van der Waals surface area contributed by atoms with Crippen molar-refractivity contribution in [1.82, 2.24) is 9.47 Å². The molecule has 0 aliphatic carbocycles. The van der Waals surface area contributed by atoms with Crippen molar-refractivity contribution < 1.29 is 14.3 Å². The van der Waals surface area contributed by atoms with E-state index in [4.69, 9.17) is 14.7 Å². The first-order valence-corrected chi connectivity index (χ1v) is 8.59. The Hall–Kier alpha value is -2.78. The lowest BCUT2D eigenvalue weighted by Gasteiger charge is -2.42. The van der Waals surface area contributed by atoms with Gasteiger partial charge in [-0.25, -0.2) is 0 Å². The molecule has 0 bridgehead atoms. The van der Waals surface area contributed by atoms with E-state index in [9.17, 15) is 4.79 Å². The molecule has 1 aliphatic rings. The van der Waals surface area contributed by atoms with Crippen molar-refractivity contribution in [2.75, 3.05) is 19.7 Å². The Morgan fingerprint density at radius 3 is 2.77 bits per heavy atom. The van der Waals surface area contributed by atoms with Gasteiger partial charge in [0.2, 0.25) is 0 Å². The summed E-state index contributed by atoms with van der Waals surface area (Å²) in [7, 11) is 1.77. The van der Waals surface area contributed by atoms with Crippen LogP contribution in [0.4, 0.5) is 0 Å². The van der Waals surface area contributed by atoms with Crippen molar-refractivity contribution in [2.45, 2.75) is 25.6 Å². The molecule has 1 unspecified atom stereocenters. The van der Waals surface area contributed by atoms with E-state index in [1.165, 1.54) is 0 Å². The highest BCUT2D eigenvalue weighted by Gasteiger charge is 2.37. The molecule has 0 spiro atoms. The van der Waals surface area contributed by atoms with Gasteiger partial charge in [-0.2, -0.15) is 5.26 Å². The molecule has 136 valence electrons. The first-order chi connectivity index (χ1) is 12.4. The van der Waals surface area contributed by atoms with Crippen LogP contribution in [0.25, 0.3) is 0 Å². The summed E-state index contributed by atoms with van der Waals surface area (Å²) in [5, 5.41) is 9.05. The van der Waals surface area contributed by atoms with Gasteiger partial charge in [0.15, 0.2) is 0 Å². The molecule has 1 aromatic carbocycles. The molecular weight excluding hydrogens is 330 g/mol. The van der Waals surface area contributed by atoms with Gasteiger partial charge in [-0.1, -0.05) is 18.2 Å². The van der Waals surface area contributed by atoms with Crippen LogP contribution in [0.15, 0.2) is 42.6 Å². The fraction of sp³-hybridized carbons (Fsp3) is 0.400. The van der Waals surface area contributed by atoms with Gasteiger partial charge >= 0.3 is 0 Å². The fourth-order valence-corrected chi connectivity index (χ4v) is 3.24. The summed E-state index contributed by atoms with van der Waals surface area (Å²) in [6, 6.07) is 13.2. The Morgan fingerprint density at radius 2 is 2.12 bits per heavy atom. The molecule has 26 heavy (non-hydrogen) atoms. The van der Waals surface area contributed by atoms with E-state index in [0.29, 0.717) is 31.0 Å². The molecule has 2 aromatic rings. The van der Waals surface area contributed by atoms with Crippen molar-refractivity contribution in [3.05, 3.63) is 53.9 Å². The zero-order valence-corrected chi connectivity index (χ0v) is 15.3. The van der Waals surface area contributed by atoms with Crippen LogP contribution in [0.1, 0.15) is 29.9 Å². The number of carbonyl (C=O) groups is 1. The van der Waals surface area contributed by atoms with Gasteiger partial charge in [-0.15, -0.1) is 0 Å². The molecule has 6 heteroatoms. The predicted octanol–water partition coefficient (Wildman–Crippen LogP) is 2.60. The van der Waals surface area contributed by atoms with Gasteiger partial charge in [0.25, 0.3) is 5.91 Å². The number of para-hydroxylation sites is 1. The molecule has 2 heterocycles. The highest BCUT2D eigenvalue weighted by atomic mass is 16.5. The van der Waals surface area contributed by atoms with Crippen LogP contribution in [0, 0.1) is 11.3 Å². The average Bonchev–Trinajstić information content (AvgIpc) is 3.00. The number of morpholine rings is 1. The number of carbonyl (C=O) groups excluding carboxylic acids is 1. The van der Waals surface area contributed by atoms with Gasteiger partial charge in [-0.05, 0) is 32.0 Å². The van der Waals surface area contributed by atoms with Crippen molar-refractivity contribution in [2.24, 2.45) is 7.05 Å². The Balaban J connectivity index is 1.72. The molecule has 1 fully saturated rings. The Kier molecular flexibility index (Phi) is 5.01. The van der Waals surface area contributed by atoms with Crippen LogP contribution in [0.3, 0.4) is 0 Å². The van der Waals surface area contributed by atoms with E-state index in [1.54, 1.807) is 28.8 Å². The summed E-state index contributed by atoms with van der Waals surface area (Å²) in [6.07, 6.45) is 1.44.